The number of aromatic nitrogens is 1. The third-order valence-corrected chi connectivity index (χ3v) is 8.26. The van der Waals surface area contributed by atoms with Crippen molar-refractivity contribution in [2.45, 2.75) is 75.9 Å². The molecule has 0 radical (unpaired) electrons. The Bertz CT molecular complexity index is 1080. The summed E-state index contributed by atoms with van der Waals surface area (Å²) in [5.41, 5.74) is 3.77. The number of aliphatic carboxylic acids is 1. The zero-order valence-corrected chi connectivity index (χ0v) is 21.9. The highest BCUT2D eigenvalue weighted by Gasteiger charge is 2.32. The van der Waals surface area contributed by atoms with Gasteiger partial charge >= 0.3 is 12.1 Å². The van der Waals surface area contributed by atoms with E-state index in [-0.39, 0.29) is 12.5 Å². The van der Waals surface area contributed by atoms with Crippen LogP contribution in [0.1, 0.15) is 67.7 Å². The Balaban J connectivity index is 0.931. The molecule has 2 heterocycles. The second-order valence-electron chi connectivity index (χ2n) is 11.1. The van der Waals surface area contributed by atoms with Crippen molar-refractivity contribution >= 4 is 17.9 Å². The van der Waals surface area contributed by atoms with Crippen LogP contribution >= 0.6 is 0 Å². The van der Waals surface area contributed by atoms with Crippen LogP contribution in [0.25, 0.3) is 0 Å². The van der Waals surface area contributed by atoms with Gasteiger partial charge in [0.2, 0.25) is 0 Å². The minimum Gasteiger partial charge on any atom is -0.480 e. The number of pyridine rings is 1. The van der Waals surface area contributed by atoms with E-state index in [1.54, 1.807) is 0 Å². The van der Waals surface area contributed by atoms with E-state index in [4.69, 9.17) is 14.5 Å². The van der Waals surface area contributed by atoms with Crippen molar-refractivity contribution in [2.75, 3.05) is 25.1 Å². The van der Waals surface area contributed by atoms with E-state index >= 15 is 0 Å². The van der Waals surface area contributed by atoms with Crippen LogP contribution < -0.4 is 10.6 Å². The average Bonchev–Trinajstić information content (AvgIpc) is 2.88. The summed E-state index contributed by atoms with van der Waals surface area (Å²) in [4.78, 5) is 28.6. The summed E-state index contributed by atoms with van der Waals surface area (Å²) in [5.74, 6) is 1.43. The van der Waals surface area contributed by atoms with Gasteiger partial charge in [-0.3, -0.25) is 0 Å². The number of ether oxygens (including phenoxy) is 2. The molecule has 3 N–H and O–H groups in total. The molecule has 2 aromatic rings. The molecule has 204 valence electrons. The lowest BCUT2D eigenvalue weighted by Gasteiger charge is -2.35. The van der Waals surface area contributed by atoms with Crippen LogP contribution in [0.5, 0.6) is 0 Å². The second kappa shape index (κ2) is 12.6. The maximum Gasteiger partial charge on any atom is 0.407 e. The lowest BCUT2D eigenvalue weighted by atomic mass is 9.72. The Labute approximate surface area is 224 Å². The largest absolute Gasteiger partial charge is 0.480 e. The minimum absolute atomic E-state index is 0.163. The summed E-state index contributed by atoms with van der Waals surface area (Å²) < 4.78 is 11.2. The zero-order valence-electron chi connectivity index (χ0n) is 21.9. The molecular weight excluding hydrogens is 482 g/mol. The number of fused-ring (bicyclic) bond motifs is 1. The van der Waals surface area contributed by atoms with Crippen molar-refractivity contribution in [3.63, 3.8) is 0 Å². The van der Waals surface area contributed by atoms with Crippen molar-refractivity contribution in [3.05, 3.63) is 59.3 Å². The SMILES string of the molecule is O=C(N[C@@H](CCOC1CC(CCc2ccc3c(n2)NCCC3)C1)C(=O)O)OCC1CC(c2ccccc2)C1. The van der Waals surface area contributed by atoms with Gasteiger partial charge in [0.25, 0.3) is 0 Å². The van der Waals surface area contributed by atoms with Crippen LogP contribution in [-0.4, -0.2) is 54.1 Å². The van der Waals surface area contributed by atoms with Crippen LogP contribution in [0.3, 0.4) is 0 Å². The van der Waals surface area contributed by atoms with Gasteiger partial charge < -0.3 is 25.2 Å². The molecule has 2 aliphatic carbocycles. The second-order valence-corrected chi connectivity index (χ2v) is 11.1. The van der Waals surface area contributed by atoms with Gasteiger partial charge in [0.05, 0.1) is 12.7 Å². The van der Waals surface area contributed by atoms with Gasteiger partial charge in [0.15, 0.2) is 0 Å². The number of carboxylic acid groups (broad SMARTS) is 1. The van der Waals surface area contributed by atoms with Crippen molar-refractivity contribution < 1.29 is 24.2 Å². The summed E-state index contributed by atoms with van der Waals surface area (Å²) >= 11 is 0. The zero-order chi connectivity index (χ0) is 26.3. The molecule has 8 nitrogen and oxygen atoms in total. The number of benzene rings is 1. The third-order valence-electron chi connectivity index (χ3n) is 8.26. The number of carbonyl (C=O) groups is 2. The molecule has 3 aliphatic rings. The standard InChI is InChI=1S/C30H39N3O5/c34-29(35)27(33-30(36)38-19-21-15-24(16-21)22-5-2-1-3-6-22)12-14-37-26-17-20(18-26)8-10-25-11-9-23-7-4-13-31-28(23)32-25/h1-3,5-6,9,11,20-21,24,26-27H,4,7-8,10,12-19H2,(H,31,32)(H,33,36)(H,34,35)/t20?,21?,24?,26?,27-/m0/s1. The number of nitrogens with zero attached hydrogens (tertiary/aromatic N) is 1. The molecule has 2 fully saturated rings. The molecule has 0 unspecified atom stereocenters. The molecule has 1 aromatic heterocycles. The smallest absolute Gasteiger partial charge is 0.407 e. The molecule has 1 atom stereocenters. The van der Waals surface area contributed by atoms with Gasteiger partial charge in [-0.05, 0) is 86.3 Å². The number of nitrogens with one attached hydrogen (secondary N) is 2. The highest BCUT2D eigenvalue weighted by Crippen LogP contribution is 2.41. The van der Waals surface area contributed by atoms with Crippen LogP contribution in [0.15, 0.2) is 42.5 Å². The maximum absolute atomic E-state index is 12.2. The summed E-state index contributed by atoms with van der Waals surface area (Å²) in [5, 5.41) is 15.4. The fourth-order valence-corrected chi connectivity index (χ4v) is 5.76. The number of hydrogen-bond donors (Lipinski definition) is 3. The fourth-order valence-electron chi connectivity index (χ4n) is 5.76. The molecule has 2 saturated carbocycles. The van der Waals surface area contributed by atoms with E-state index in [2.05, 4.69) is 34.9 Å². The Hall–Kier alpha value is -3.13. The van der Waals surface area contributed by atoms with Crippen LogP contribution in [0.4, 0.5) is 10.6 Å². The topological polar surface area (TPSA) is 110 Å². The first-order valence-electron chi connectivity index (χ1n) is 14.1. The lowest BCUT2D eigenvalue weighted by molar-refractivity contribution is -0.140. The van der Waals surface area contributed by atoms with E-state index in [1.165, 1.54) is 17.5 Å². The van der Waals surface area contributed by atoms with Gasteiger partial charge in [0, 0.05) is 25.3 Å². The number of anilines is 1. The maximum atomic E-state index is 12.2. The first kappa shape index (κ1) is 26.5. The molecule has 5 rings (SSSR count). The van der Waals surface area contributed by atoms with E-state index in [9.17, 15) is 14.7 Å². The number of carboxylic acids is 1. The molecule has 0 bridgehead atoms. The summed E-state index contributed by atoms with van der Waals surface area (Å²) in [6.07, 6.45) is 7.98. The summed E-state index contributed by atoms with van der Waals surface area (Å²) in [7, 11) is 0. The number of carbonyl (C=O) groups excluding carboxylic acids is 1. The van der Waals surface area contributed by atoms with Crippen LogP contribution in [0, 0.1) is 11.8 Å². The monoisotopic (exact) mass is 521 g/mol. The van der Waals surface area contributed by atoms with E-state index in [0.717, 1.165) is 63.0 Å². The van der Waals surface area contributed by atoms with Gasteiger partial charge in [-0.2, -0.15) is 0 Å². The van der Waals surface area contributed by atoms with Gasteiger partial charge in [-0.15, -0.1) is 0 Å². The molecule has 38 heavy (non-hydrogen) atoms. The minimum atomic E-state index is -1.07. The van der Waals surface area contributed by atoms with Crippen molar-refractivity contribution in [3.8, 4) is 0 Å². The van der Waals surface area contributed by atoms with Crippen LogP contribution in [0.2, 0.25) is 0 Å². The Morgan fingerprint density at radius 1 is 1.08 bits per heavy atom. The third kappa shape index (κ3) is 7.04. The Morgan fingerprint density at radius 3 is 2.68 bits per heavy atom. The molecule has 0 saturated heterocycles. The molecule has 8 heteroatoms. The lowest BCUT2D eigenvalue weighted by Crippen LogP contribution is -2.43. The number of alkyl carbamates (subject to hydrolysis) is 1. The highest BCUT2D eigenvalue weighted by atomic mass is 16.5. The number of hydrogen-bond acceptors (Lipinski definition) is 6. The fraction of sp³-hybridized carbons (Fsp3) is 0.567. The molecule has 1 amide bonds. The van der Waals surface area contributed by atoms with E-state index in [1.807, 2.05) is 18.2 Å². The number of amides is 1. The number of aryl methyl sites for hydroxylation is 2. The van der Waals surface area contributed by atoms with Crippen molar-refractivity contribution in [1.82, 2.24) is 10.3 Å². The van der Waals surface area contributed by atoms with E-state index in [0.29, 0.717) is 31.0 Å². The summed E-state index contributed by atoms with van der Waals surface area (Å²) in [6, 6.07) is 13.7. The average molecular weight is 522 g/mol. The molecular formula is C30H39N3O5. The Kier molecular flexibility index (Phi) is 8.79. The normalized spacial score (nSPS) is 24.6. The van der Waals surface area contributed by atoms with Crippen molar-refractivity contribution in [2.24, 2.45) is 11.8 Å². The van der Waals surface area contributed by atoms with Gasteiger partial charge in [-0.1, -0.05) is 36.4 Å². The first-order chi connectivity index (χ1) is 18.5. The predicted octanol–water partition coefficient (Wildman–Crippen LogP) is 4.93. The molecule has 1 aromatic carbocycles. The molecule has 0 spiro atoms. The number of rotatable bonds is 12. The Morgan fingerprint density at radius 2 is 1.89 bits per heavy atom. The van der Waals surface area contributed by atoms with Gasteiger partial charge in [0.1, 0.15) is 11.9 Å². The first-order valence-corrected chi connectivity index (χ1v) is 14.1. The van der Waals surface area contributed by atoms with Gasteiger partial charge in [-0.25, -0.2) is 14.6 Å². The van der Waals surface area contributed by atoms with Crippen LogP contribution in [-0.2, 0) is 27.1 Å². The predicted molar refractivity (Wildman–Crippen MR) is 144 cm³/mol. The summed E-state index contributed by atoms with van der Waals surface area (Å²) in [6.45, 7) is 1.62. The highest BCUT2D eigenvalue weighted by molar-refractivity contribution is 5.79. The quantitative estimate of drug-likeness (QED) is 0.363. The van der Waals surface area contributed by atoms with E-state index < -0.39 is 18.1 Å². The molecule has 1 aliphatic heterocycles. The van der Waals surface area contributed by atoms with Crippen molar-refractivity contribution in [1.29, 1.82) is 0 Å².